The van der Waals surface area contributed by atoms with Gasteiger partial charge < -0.3 is 19.2 Å². The Morgan fingerprint density at radius 3 is 2.29 bits per heavy atom. The molecule has 1 unspecified atom stereocenters. The fourth-order valence-corrected chi connectivity index (χ4v) is 4.91. The maximum Gasteiger partial charge on any atom is 0.355 e. The zero-order valence-corrected chi connectivity index (χ0v) is 22.6. The summed E-state index contributed by atoms with van der Waals surface area (Å²) in [6, 6.07) is 11.7. The van der Waals surface area contributed by atoms with Gasteiger partial charge in [0.25, 0.3) is 5.91 Å². The Morgan fingerprint density at radius 2 is 1.71 bits per heavy atom. The number of carbonyl (C=O) groups excluding carboxylic acids is 3. The summed E-state index contributed by atoms with van der Waals surface area (Å²) < 4.78 is 16.0. The summed E-state index contributed by atoms with van der Waals surface area (Å²) >= 11 is 0. The molecular weight excluding hydrogens is 488 g/mol. The fourth-order valence-electron chi connectivity index (χ4n) is 4.91. The molecule has 2 amide bonds. The Morgan fingerprint density at radius 1 is 1.08 bits per heavy atom. The molecule has 0 aliphatic carbocycles. The number of esters is 1. The third-order valence-electron chi connectivity index (χ3n) is 6.44. The van der Waals surface area contributed by atoms with E-state index >= 15 is 0 Å². The summed E-state index contributed by atoms with van der Waals surface area (Å²) in [6.07, 6.45) is 0.916. The van der Waals surface area contributed by atoms with Gasteiger partial charge in [-0.2, -0.15) is 0 Å². The third kappa shape index (κ3) is 5.88. The van der Waals surface area contributed by atoms with E-state index in [1.165, 1.54) is 14.2 Å². The SMILES string of the molecule is CCOC(=O)c1[nH]c2cc(OC)c(OC)cc2c(=O)c1C(C)(C)CC(C)CN(C=O)C(=O)c1ccccc1. The van der Waals surface area contributed by atoms with Crippen molar-refractivity contribution in [2.24, 2.45) is 5.92 Å². The molecule has 0 aliphatic heterocycles. The smallest absolute Gasteiger partial charge is 0.355 e. The van der Waals surface area contributed by atoms with Gasteiger partial charge in [0, 0.05) is 29.1 Å². The Hall–Kier alpha value is -4.14. The zero-order valence-electron chi connectivity index (χ0n) is 22.6. The number of rotatable bonds is 11. The van der Waals surface area contributed by atoms with E-state index in [1.807, 2.05) is 20.8 Å². The second-order valence-corrected chi connectivity index (χ2v) is 9.80. The van der Waals surface area contributed by atoms with Crippen LogP contribution in [0, 0.1) is 5.92 Å². The van der Waals surface area contributed by atoms with Crippen molar-refractivity contribution < 1.29 is 28.6 Å². The minimum Gasteiger partial charge on any atom is -0.493 e. The number of benzene rings is 2. The monoisotopic (exact) mass is 522 g/mol. The van der Waals surface area contributed by atoms with E-state index in [-0.39, 0.29) is 35.8 Å². The van der Waals surface area contributed by atoms with Crippen molar-refractivity contribution in [2.45, 2.75) is 39.5 Å². The number of carbonyl (C=O) groups is 3. The molecule has 0 fully saturated rings. The summed E-state index contributed by atoms with van der Waals surface area (Å²) in [5, 5.41) is 0.334. The summed E-state index contributed by atoms with van der Waals surface area (Å²) in [6.45, 7) is 7.57. The van der Waals surface area contributed by atoms with Crippen LogP contribution in [0.5, 0.6) is 11.5 Å². The number of nitrogens with one attached hydrogen (secondary N) is 1. The molecule has 9 heteroatoms. The Labute approximate surface area is 221 Å². The number of imide groups is 1. The van der Waals surface area contributed by atoms with Crippen LogP contribution in [0.1, 0.15) is 60.5 Å². The maximum absolute atomic E-state index is 13.9. The first-order valence-electron chi connectivity index (χ1n) is 12.4. The van der Waals surface area contributed by atoms with Crippen LogP contribution in [0.2, 0.25) is 0 Å². The van der Waals surface area contributed by atoms with E-state index in [0.29, 0.717) is 40.8 Å². The van der Waals surface area contributed by atoms with Gasteiger partial charge in [-0.1, -0.05) is 39.0 Å². The Kier molecular flexibility index (Phi) is 8.93. The van der Waals surface area contributed by atoms with Crippen LogP contribution in [0.4, 0.5) is 0 Å². The molecule has 38 heavy (non-hydrogen) atoms. The lowest BCUT2D eigenvalue weighted by atomic mass is 9.76. The van der Waals surface area contributed by atoms with Gasteiger partial charge in [0.2, 0.25) is 6.41 Å². The predicted molar refractivity (Wildman–Crippen MR) is 144 cm³/mol. The van der Waals surface area contributed by atoms with Crippen molar-refractivity contribution in [3.63, 3.8) is 0 Å². The highest BCUT2D eigenvalue weighted by Gasteiger charge is 2.34. The fraction of sp³-hybridized carbons (Fsp3) is 0.379. The minimum absolute atomic E-state index is 0.0568. The summed E-state index contributed by atoms with van der Waals surface area (Å²) in [7, 11) is 2.96. The lowest BCUT2D eigenvalue weighted by Crippen LogP contribution is -2.37. The highest BCUT2D eigenvalue weighted by atomic mass is 16.5. The van der Waals surface area contributed by atoms with Gasteiger partial charge in [-0.25, -0.2) is 4.79 Å². The van der Waals surface area contributed by atoms with E-state index in [2.05, 4.69) is 4.98 Å². The molecule has 1 N–H and O–H groups in total. The van der Waals surface area contributed by atoms with E-state index in [1.54, 1.807) is 49.4 Å². The van der Waals surface area contributed by atoms with E-state index in [4.69, 9.17) is 14.2 Å². The average molecular weight is 523 g/mol. The molecule has 0 saturated carbocycles. The molecule has 202 valence electrons. The lowest BCUT2D eigenvalue weighted by Gasteiger charge is -2.31. The van der Waals surface area contributed by atoms with Crippen LogP contribution < -0.4 is 14.9 Å². The number of hydrogen-bond donors (Lipinski definition) is 1. The topological polar surface area (TPSA) is 115 Å². The first-order chi connectivity index (χ1) is 18.1. The molecule has 0 radical (unpaired) electrons. The Balaban J connectivity index is 2.03. The lowest BCUT2D eigenvalue weighted by molar-refractivity contribution is -0.116. The van der Waals surface area contributed by atoms with Gasteiger partial charge in [-0.15, -0.1) is 0 Å². The first kappa shape index (κ1) is 28.4. The van der Waals surface area contributed by atoms with Gasteiger partial charge in [0.1, 0.15) is 5.69 Å². The molecule has 0 aliphatic rings. The van der Waals surface area contributed by atoms with Gasteiger partial charge in [0.15, 0.2) is 16.9 Å². The molecule has 3 aromatic rings. The van der Waals surface area contributed by atoms with Gasteiger partial charge in [-0.05, 0) is 42.9 Å². The molecule has 1 aromatic heterocycles. The second-order valence-electron chi connectivity index (χ2n) is 9.80. The number of fused-ring (bicyclic) bond motifs is 1. The highest BCUT2D eigenvalue weighted by Crippen LogP contribution is 2.35. The molecule has 0 bridgehead atoms. The number of hydrogen-bond acceptors (Lipinski definition) is 7. The van der Waals surface area contributed by atoms with E-state index in [0.717, 1.165) is 4.90 Å². The van der Waals surface area contributed by atoms with Crippen molar-refractivity contribution in [1.29, 1.82) is 0 Å². The molecule has 0 saturated heterocycles. The summed E-state index contributed by atoms with van der Waals surface area (Å²) in [4.78, 5) is 55.7. The normalized spacial score (nSPS) is 12.1. The zero-order chi connectivity index (χ0) is 28.0. The van der Waals surface area contributed by atoms with Crippen LogP contribution >= 0.6 is 0 Å². The van der Waals surface area contributed by atoms with Crippen LogP contribution in [0.15, 0.2) is 47.3 Å². The van der Waals surface area contributed by atoms with Crippen LogP contribution in [-0.4, -0.2) is 55.5 Å². The molecule has 0 spiro atoms. The average Bonchev–Trinajstić information content (AvgIpc) is 2.90. The van der Waals surface area contributed by atoms with Crippen LogP contribution in [0.3, 0.4) is 0 Å². The number of methoxy groups -OCH3 is 2. The molecule has 9 nitrogen and oxygen atoms in total. The maximum atomic E-state index is 13.9. The first-order valence-corrected chi connectivity index (χ1v) is 12.4. The second kappa shape index (κ2) is 11.9. The van der Waals surface area contributed by atoms with Crippen molar-refractivity contribution >= 4 is 29.2 Å². The number of pyridine rings is 1. The number of aromatic nitrogens is 1. The number of ether oxygens (including phenoxy) is 3. The number of amides is 2. The van der Waals surface area contributed by atoms with Gasteiger partial charge >= 0.3 is 5.97 Å². The van der Waals surface area contributed by atoms with Gasteiger partial charge in [-0.3, -0.25) is 19.3 Å². The molecule has 3 rings (SSSR count). The van der Waals surface area contributed by atoms with Crippen LogP contribution in [-0.2, 0) is 14.9 Å². The molecular formula is C29H34N2O7. The van der Waals surface area contributed by atoms with Crippen molar-refractivity contribution in [3.8, 4) is 11.5 Å². The number of H-pyrrole nitrogens is 1. The molecule has 2 aromatic carbocycles. The summed E-state index contributed by atoms with van der Waals surface area (Å²) in [5.74, 6) is -0.457. The standard InChI is InChI=1S/C29H34N2O7/c1-7-38-28(35)25-24(26(33)20-13-22(36-5)23(37-6)14-21(20)30-25)29(3,4)15-18(2)16-31(17-32)27(34)19-11-9-8-10-12-19/h8-14,17-18H,7,15-16H2,1-6H3,(H,30,33). The van der Waals surface area contributed by atoms with E-state index in [9.17, 15) is 19.2 Å². The molecule has 1 atom stereocenters. The van der Waals surface area contributed by atoms with Crippen molar-refractivity contribution in [1.82, 2.24) is 9.88 Å². The van der Waals surface area contributed by atoms with E-state index < -0.39 is 17.3 Å². The number of nitrogens with zero attached hydrogens (tertiary/aromatic N) is 1. The van der Waals surface area contributed by atoms with Crippen molar-refractivity contribution in [3.05, 3.63) is 69.5 Å². The largest absolute Gasteiger partial charge is 0.493 e. The highest BCUT2D eigenvalue weighted by molar-refractivity contribution is 5.99. The van der Waals surface area contributed by atoms with Crippen LogP contribution in [0.25, 0.3) is 10.9 Å². The van der Waals surface area contributed by atoms with Gasteiger partial charge in [0.05, 0.1) is 26.3 Å². The third-order valence-corrected chi connectivity index (χ3v) is 6.44. The predicted octanol–water partition coefficient (Wildman–Crippen LogP) is 4.32. The quantitative estimate of drug-likeness (QED) is 0.294. The molecule has 1 heterocycles. The minimum atomic E-state index is -0.833. The summed E-state index contributed by atoms with van der Waals surface area (Å²) in [5.41, 5.74) is -0.0424. The van der Waals surface area contributed by atoms with Crippen molar-refractivity contribution in [2.75, 3.05) is 27.4 Å². The number of aromatic amines is 1. The Bertz CT molecular complexity index is 1380.